The topological polar surface area (TPSA) is 60.7 Å². The van der Waals surface area contributed by atoms with E-state index in [1.165, 1.54) is 0 Å². The van der Waals surface area contributed by atoms with Gasteiger partial charge in [0.25, 0.3) is 0 Å². The summed E-state index contributed by atoms with van der Waals surface area (Å²) in [6.07, 6.45) is -0.606. The van der Waals surface area contributed by atoms with E-state index in [1.807, 2.05) is 0 Å². The Bertz CT molecular complexity index is 82.2. The molecule has 0 spiro atoms. The summed E-state index contributed by atoms with van der Waals surface area (Å²) in [5.74, 6) is 0. The van der Waals surface area contributed by atoms with Gasteiger partial charge in [-0.3, -0.25) is 0 Å². The third-order valence-corrected chi connectivity index (χ3v) is 2.52. The zero-order valence-corrected chi connectivity index (χ0v) is 7.45. The van der Waals surface area contributed by atoms with Crippen LogP contribution in [0.2, 0.25) is 0 Å². The molecule has 0 fully saturated rings. The fourth-order valence-corrected chi connectivity index (χ4v) is 2.42. The zero-order chi connectivity index (χ0) is 7.71. The Morgan fingerprint density at radius 2 is 1.44 bits per heavy atom. The summed E-state index contributed by atoms with van der Waals surface area (Å²) in [6, 6.07) is 0. The molecule has 0 aliphatic heterocycles. The van der Waals surface area contributed by atoms with Crippen LogP contribution >= 0.6 is 42.7 Å². The molecule has 58 valence electrons. The van der Waals surface area contributed by atoms with Gasteiger partial charge in [0.05, 0.1) is 0 Å². The zero-order valence-electron chi connectivity index (χ0n) is 4.18. The second-order valence-electron chi connectivity index (χ2n) is 1.57. The molecule has 0 aliphatic carbocycles. The molecular formula is C2H6Cl3O3P. The van der Waals surface area contributed by atoms with Crippen LogP contribution < -0.4 is 0 Å². The van der Waals surface area contributed by atoms with Crippen molar-refractivity contribution in [3.63, 3.8) is 0 Å². The van der Waals surface area contributed by atoms with Gasteiger partial charge in [0.2, 0.25) is 0 Å². The average molecular weight is 215 g/mol. The van der Waals surface area contributed by atoms with Crippen LogP contribution in [-0.4, -0.2) is 24.6 Å². The van der Waals surface area contributed by atoms with Crippen LogP contribution in [-0.2, 0) is 0 Å². The molecule has 0 atom stereocenters. The Balaban J connectivity index is 3.75. The predicted octanol–water partition coefficient (Wildman–Crippen LogP) is 0.828. The van der Waals surface area contributed by atoms with E-state index in [1.54, 1.807) is 0 Å². The standard InChI is InChI=1S/C2H6Cl3O3P/c3-2(4,5)1-9(6,7)8/h6-9H,1H2. The first kappa shape index (κ1) is 10.2. The Morgan fingerprint density at radius 3 is 1.44 bits per heavy atom. The quantitative estimate of drug-likeness (QED) is 0.448. The summed E-state index contributed by atoms with van der Waals surface area (Å²) < 4.78 is -1.79. The van der Waals surface area contributed by atoms with Gasteiger partial charge in [-0.25, -0.2) is 0 Å². The van der Waals surface area contributed by atoms with E-state index in [-0.39, 0.29) is 0 Å². The van der Waals surface area contributed by atoms with E-state index in [0.717, 1.165) is 0 Å². The second kappa shape index (κ2) is 3.05. The van der Waals surface area contributed by atoms with E-state index in [4.69, 9.17) is 49.5 Å². The van der Waals surface area contributed by atoms with Gasteiger partial charge in [-0.05, 0) is 0 Å². The van der Waals surface area contributed by atoms with Crippen LogP contribution in [0.4, 0.5) is 0 Å². The van der Waals surface area contributed by atoms with Gasteiger partial charge in [-0.15, -0.1) is 0 Å². The van der Waals surface area contributed by atoms with Gasteiger partial charge in [0.15, 0.2) is 0 Å². The molecule has 0 radical (unpaired) electrons. The van der Waals surface area contributed by atoms with Gasteiger partial charge < -0.3 is 0 Å². The Kier molecular flexibility index (Phi) is 3.46. The van der Waals surface area contributed by atoms with Crippen molar-refractivity contribution in [2.75, 3.05) is 6.16 Å². The molecule has 0 aromatic heterocycles. The molecule has 0 bridgehead atoms. The van der Waals surface area contributed by atoms with E-state index in [9.17, 15) is 0 Å². The second-order valence-corrected chi connectivity index (χ2v) is 5.98. The van der Waals surface area contributed by atoms with E-state index in [2.05, 4.69) is 0 Å². The number of alkyl halides is 3. The number of rotatable bonds is 1. The molecule has 0 heterocycles. The molecule has 0 saturated carbocycles. The van der Waals surface area contributed by atoms with Crippen molar-refractivity contribution in [3.05, 3.63) is 0 Å². The van der Waals surface area contributed by atoms with Crippen molar-refractivity contribution in [3.8, 4) is 0 Å². The van der Waals surface area contributed by atoms with E-state index < -0.39 is 17.9 Å². The van der Waals surface area contributed by atoms with Crippen molar-refractivity contribution in [2.45, 2.75) is 3.79 Å². The molecular weight excluding hydrogens is 209 g/mol. The molecule has 0 amide bonds. The molecule has 0 aromatic carbocycles. The van der Waals surface area contributed by atoms with Crippen LogP contribution in [0.15, 0.2) is 0 Å². The van der Waals surface area contributed by atoms with Crippen LogP contribution in [0.25, 0.3) is 0 Å². The molecule has 0 aromatic rings. The van der Waals surface area contributed by atoms with Gasteiger partial charge in [0.1, 0.15) is 0 Å². The molecule has 9 heavy (non-hydrogen) atoms. The fraction of sp³-hybridized carbons (Fsp3) is 1.00. The third kappa shape index (κ3) is 9.18. The average Bonchev–Trinajstić information content (AvgIpc) is 1.14. The van der Waals surface area contributed by atoms with Crippen molar-refractivity contribution in [1.29, 1.82) is 0 Å². The molecule has 0 saturated heterocycles. The number of hydrogen-bond donors (Lipinski definition) is 3. The normalized spacial score (nSPS) is 15.8. The van der Waals surface area contributed by atoms with Crippen LogP contribution in [0, 0.1) is 0 Å². The SMILES string of the molecule is O[PH](O)(O)CC(Cl)(Cl)Cl. The monoisotopic (exact) mass is 214 g/mol. The van der Waals surface area contributed by atoms with Crippen molar-refractivity contribution in [1.82, 2.24) is 0 Å². The summed E-state index contributed by atoms with van der Waals surface area (Å²) in [4.78, 5) is 25.0. The van der Waals surface area contributed by atoms with Gasteiger partial charge in [-0.2, -0.15) is 0 Å². The van der Waals surface area contributed by atoms with Gasteiger partial charge >= 0.3 is 67.4 Å². The molecule has 0 aliphatic rings. The minimum absolute atomic E-state index is 0.606. The maximum atomic E-state index is 8.35. The van der Waals surface area contributed by atoms with Crippen LogP contribution in [0.5, 0.6) is 0 Å². The van der Waals surface area contributed by atoms with Gasteiger partial charge in [0, 0.05) is 0 Å². The maximum absolute atomic E-state index is 8.35. The first-order valence-corrected chi connectivity index (χ1v) is 5.13. The first-order valence-electron chi connectivity index (χ1n) is 1.94. The Hall–Kier alpha value is 1.18. The van der Waals surface area contributed by atoms with Crippen molar-refractivity contribution >= 4 is 42.7 Å². The van der Waals surface area contributed by atoms with Crippen LogP contribution in [0.1, 0.15) is 0 Å². The minimum atomic E-state index is -4.19. The van der Waals surface area contributed by atoms with Crippen molar-refractivity contribution in [2.24, 2.45) is 0 Å². The third-order valence-electron chi connectivity index (χ3n) is 0.438. The summed E-state index contributed by atoms with van der Waals surface area (Å²) in [5, 5.41) is 0. The molecule has 7 heteroatoms. The fourth-order valence-electron chi connectivity index (χ4n) is 0.269. The van der Waals surface area contributed by atoms with E-state index in [0.29, 0.717) is 0 Å². The Morgan fingerprint density at radius 1 is 1.11 bits per heavy atom. The van der Waals surface area contributed by atoms with Crippen LogP contribution in [0.3, 0.4) is 0 Å². The Labute approximate surface area is 67.7 Å². The summed E-state index contributed by atoms with van der Waals surface area (Å²) in [7, 11) is -4.19. The number of halogens is 3. The summed E-state index contributed by atoms with van der Waals surface area (Å²) >= 11 is 15.3. The van der Waals surface area contributed by atoms with Gasteiger partial charge in [-0.1, -0.05) is 0 Å². The first-order chi connectivity index (χ1) is 3.71. The molecule has 3 N–H and O–H groups in total. The molecule has 3 nitrogen and oxygen atoms in total. The molecule has 0 rings (SSSR count). The summed E-state index contributed by atoms with van der Waals surface area (Å²) in [5.41, 5.74) is 0. The van der Waals surface area contributed by atoms with E-state index >= 15 is 0 Å². The predicted molar refractivity (Wildman–Crippen MR) is 40.1 cm³/mol. The summed E-state index contributed by atoms with van der Waals surface area (Å²) in [6.45, 7) is 0. The van der Waals surface area contributed by atoms with Crippen molar-refractivity contribution < 1.29 is 14.7 Å². The molecule has 0 unspecified atom stereocenters. The number of hydrogen-bond acceptors (Lipinski definition) is 3.